The van der Waals surface area contributed by atoms with Gasteiger partial charge in [-0.2, -0.15) is 0 Å². The Kier molecular flexibility index (Phi) is 7.90. The number of hydrogen-bond acceptors (Lipinski definition) is 6. The first-order chi connectivity index (χ1) is 19.3. The second-order valence-corrected chi connectivity index (χ2v) is 9.60. The van der Waals surface area contributed by atoms with Gasteiger partial charge in [0.2, 0.25) is 0 Å². The van der Waals surface area contributed by atoms with Gasteiger partial charge in [0.15, 0.2) is 0 Å². The molecule has 0 spiro atoms. The van der Waals surface area contributed by atoms with Gasteiger partial charge in [-0.05, 0) is 43.3 Å². The third-order valence-electron chi connectivity index (χ3n) is 6.58. The van der Waals surface area contributed by atoms with Gasteiger partial charge in [0.05, 0.1) is 29.5 Å². The monoisotopic (exact) mass is 560 g/mol. The van der Waals surface area contributed by atoms with Crippen molar-refractivity contribution < 1.29 is 14.3 Å². The van der Waals surface area contributed by atoms with Gasteiger partial charge in [-0.3, -0.25) is 14.8 Å². The van der Waals surface area contributed by atoms with Gasteiger partial charge in [-0.15, -0.1) is 0 Å². The van der Waals surface area contributed by atoms with Crippen molar-refractivity contribution in [2.75, 3.05) is 36.9 Å². The topological polar surface area (TPSA) is 103 Å². The van der Waals surface area contributed by atoms with Gasteiger partial charge in [0, 0.05) is 49.5 Å². The number of ether oxygens (including phenoxy) is 2. The molecule has 0 bridgehead atoms. The van der Waals surface area contributed by atoms with Crippen LogP contribution in [0.4, 0.5) is 16.3 Å². The number of urea groups is 1. The molecule has 1 fully saturated rings. The van der Waals surface area contributed by atoms with E-state index in [0.717, 1.165) is 11.4 Å². The summed E-state index contributed by atoms with van der Waals surface area (Å²) in [6, 6.07) is 17.7. The smallest absolute Gasteiger partial charge is 0.323 e. The standard InChI is InChI=1S/C29H29ClN6O4/c1-19(27-20(2)34(3)36(28(27)37)22-7-5-4-6-8-22)32-21-9-10-25(24(30)17-21)40-23-11-12-31-26(18-23)33-29(38)35-13-15-39-16-14-35/h4-12,17-18,32H,1,13-16H2,2-3H3,(H,31,33,38). The number of carbonyl (C=O) groups is 1. The summed E-state index contributed by atoms with van der Waals surface area (Å²) < 4.78 is 14.7. The molecule has 0 aliphatic carbocycles. The number of rotatable bonds is 7. The Bertz CT molecular complexity index is 1610. The summed E-state index contributed by atoms with van der Waals surface area (Å²) in [5.41, 5.74) is 2.93. The number of nitrogens with zero attached hydrogens (tertiary/aromatic N) is 4. The minimum Gasteiger partial charge on any atom is -0.456 e. The Morgan fingerprint density at radius 3 is 2.55 bits per heavy atom. The normalized spacial score (nSPS) is 13.1. The first kappa shape index (κ1) is 27.0. The average molecular weight is 561 g/mol. The Balaban J connectivity index is 1.28. The number of aromatic nitrogens is 3. The van der Waals surface area contributed by atoms with Gasteiger partial charge in [-0.25, -0.2) is 14.5 Å². The number of halogens is 1. The third-order valence-corrected chi connectivity index (χ3v) is 6.87. The summed E-state index contributed by atoms with van der Waals surface area (Å²) in [5.74, 6) is 1.23. The SMILES string of the molecule is C=C(Nc1ccc(Oc2ccnc(NC(=O)N3CCOCC3)c2)c(Cl)c1)c1c(C)n(C)n(-c2ccccc2)c1=O. The molecule has 0 unspecified atom stereocenters. The molecular weight excluding hydrogens is 532 g/mol. The van der Waals surface area contributed by atoms with Crippen molar-refractivity contribution in [2.24, 2.45) is 7.05 Å². The van der Waals surface area contributed by atoms with Crippen LogP contribution in [0, 0.1) is 6.92 Å². The molecule has 206 valence electrons. The lowest BCUT2D eigenvalue weighted by Crippen LogP contribution is -2.43. The number of benzene rings is 2. The predicted octanol–water partition coefficient (Wildman–Crippen LogP) is 5.27. The van der Waals surface area contributed by atoms with E-state index in [1.807, 2.05) is 44.3 Å². The first-order valence-electron chi connectivity index (χ1n) is 12.7. The Labute approximate surface area is 236 Å². The third kappa shape index (κ3) is 5.73. The molecule has 0 saturated carbocycles. The molecule has 2 N–H and O–H groups in total. The molecule has 1 aliphatic rings. The van der Waals surface area contributed by atoms with Crippen molar-refractivity contribution in [3.63, 3.8) is 0 Å². The van der Waals surface area contributed by atoms with Crippen LogP contribution in [0.3, 0.4) is 0 Å². The number of hydrogen-bond donors (Lipinski definition) is 2. The van der Waals surface area contributed by atoms with Crippen molar-refractivity contribution in [1.29, 1.82) is 0 Å². The highest BCUT2D eigenvalue weighted by Crippen LogP contribution is 2.33. The van der Waals surface area contributed by atoms with Gasteiger partial charge in [-0.1, -0.05) is 36.4 Å². The van der Waals surface area contributed by atoms with Crippen LogP contribution in [0.2, 0.25) is 5.02 Å². The number of morpholine rings is 1. The second-order valence-electron chi connectivity index (χ2n) is 9.19. The van der Waals surface area contributed by atoms with E-state index in [-0.39, 0.29) is 11.6 Å². The molecule has 11 heteroatoms. The highest BCUT2D eigenvalue weighted by molar-refractivity contribution is 6.32. The zero-order valence-electron chi connectivity index (χ0n) is 22.2. The van der Waals surface area contributed by atoms with E-state index in [1.54, 1.807) is 50.8 Å². The molecule has 1 saturated heterocycles. The molecule has 2 aromatic heterocycles. The number of amides is 2. The van der Waals surface area contributed by atoms with Crippen LogP contribution in [0.5, 0.6) is 11.5 Å². The molecule has 2 amide bonds. The summed E-state index contributed by atoms with van der Waals surface area (Å²) >= 11 is 6.54. The number of nitrogens with one attached hydrogen (secondary N) is 2. The summed E-state index contributed by atoms with van der Waals surface area (Å²) in [6.07, 6.45) is 1.54. The second kappa shape index (κ2) is 11.7. The van der Waals surface area contributed by atoms with Gasteiger partial charge < -0.3 is 19.7 Å². The highest BCUT2D eigenvalue weighted by Gasteiger charge is 2.20. The fourth-order valence-corrected chi connectivity index (χ4v) is 4.66. The van der Waals surface area contributed by atoms with Crippen LogP contribution in [0.1, 0.15) is 11.3 Å². The van der Waals surface area contributed by atoms with Crippen LogP contribution < -0.4 is 20.9 Å². The number of para-hydroxylation sites is 1. The van der Waals surface area contributed by atoms with Crippen LogP contribution in [-0.4, -0.2) is 51.6 Å². The van der Waals surface area contributed by atoms with E-state index in [0.29, 0.717) is 65.6 Å². The van der Waals surface area contributed by atoms with Crippen LogP contribution in [0.15, 0.2) is 78.2 Å². The van der Waals surface area contributed by atoms with E-state index in [4.69, 9.17) is 21.1 Å². The zero-order chi connectivity index (χ0) is 28.2. The number of anilines is 2. The largest absolute Gasteiger partial charge is 0.456 e. The molecular formula is C29H29ClN6O4. The lowest BCUT2D eigenvalue weighted by atomic mass is 10.2. The Morgan fingerprint density at radius 1 is 1.07 bits per heavy atom. The van der Waals surface area contributed by atoms with Gasteiger partial charge in [0.25, 0.3) is 5.56 Å². The number of carbonyl (C=O) groups excluding carboxylic acids is 1. The van der Waals surface area contributed by atoms with Crippen molar-refractivity contribution in [3.8, 4) is 17.2 Å². The molecule has 1 aliphatic heterocycles. The molecule has 3 heterocycles. The Morgan fingerprint density at radius 2 is 1.82 bits per heavy atom. The van der Waals surface area contributed by atoms with Crippen molar-refractivity contribution >= 4 is 34.8 Å². The quantitative estimate of drug-likeness (QED) is 0.319. The van der Waals surface area contributed by atoms with Crippen LogP contribution in [-0.2, 0) is 11.8 Å². The molecule has 0 radical (unpaired) electrons. The maximum atomic E-state index is 13.3. The van der Waals surface area contributed by atoms with Crippen molar-refractivity contribution in [3.05, 3.63) is 100 Å². The summed E-state index contributed by atoms with van der Waals surface area (Å²) in [7, 11) is 1.84. The number of pyridine rings is 1. The Hall–Kier alpha value is -4.54. The average Bonchev–Trinajstić information content (AvgIpc) is 3.18. The lowest BCUT2D eigenvalue weighted by Gasteiger charge is -2.26. The van der Waals surface area contributed by atoms with E-state index >= 15 is 0 Å². The molecule has 10 nitrogen and oxygen atoms in total. The van der Waals surface area contributed by atoms with Gasteiger partial charge >= 0.3 is 6.03 Å². The fourth-order valence-electron chi connectivity index (χ4n) is 4.44. The van der Waals surface area contributed by atoms with Crippen molar-refractivity contribution in [2.45, 2.75) is 6.92 Å². The highest BCUT2D eigenvalue weighted by atomic mass is 35.5. The minimum atomic E-state index is -0.245. The molecule has 40 heavy (non-hydrogen) atoms. The summed E-state index contributed by atoms with van der Waals surface area (Å²) in [4.78, 5) is 31.7. The lowest BCUT2D eigenvalue weighted by molar-refractivity contribution is 0.0564. The zero-order valence-corrected chi connectivity index (χ0v) is 22.9. The first-order valence-corrected chi connectivity index (χ1v) is 13.1. The molecule has 5 rings (SSSR count). The van der Waals surface area contributed by atoms with Crippen LogP contribution >= 0.6 is 11.6 Å². The predicted molar refractivity (Wildman–Crippen MR) is 156 cm³/mol. The van der Waals surface area contributed by atoms with E-state index in [2.05, 4.69) is 22.2 Å². The minimum absolute atomic E-state index is 0.177. The van der Waals surface area contributed by atoms with Gasteiger partial charge in [0.1, 0.15) is 17.3 Å². The van der Waals surface area contributed by atoms with E-state index in [1.165, 1.54) is 0 Å². The summed E-state index contributed by atoms with van der Waals surface area (Å²) in [6.45, 7) is 8.06. The maximum Gasteiger partial charge on any atom is 0.323 e. The van der Waals surface area contributed by atoms with Crippen LogP contribution in [0.25, 0.3) is 11.4 Å². The maximum absolute atomic E-state index is 13.3. The fraction of sp³-hybridized carbons (Fsp3) is 0.207. The van der Waals surface area contributed by atoms with E-state index < -0.39 is 0 Å². The van der Waals surface area contributed by atoms with E-state index in [9.17, 15) is 9.59 Å². The summed E-state index contributed by atoms with van der Waals surface area (Å²) in [5, 5.41) is 6.32. The molecule has 0 atom stereocenters. The van der Waals surface area contributed by atoms with Crippen molar-refractivity contribution in [1.82, 2.24) is 19.2 Å². The molecule has 2 aromatic carbocycles. The molecule has 4 aromatic rings.